The highest BCUT2D eigenvalue weighted by molar-refractivity contribution is 6.80. The number of anilines is 1. The summed E-state index contributed by atoms with van der Waals surface area (Å²) in [5, 5.41) is 0. The number of hydrogen-bond acceptors (Lipinski definition) is 1. The second-order valence-corrected chi connectivity index (χ2v) is 11.9. The molecule has 2 aromatic rings. The summed E-state index contributed by atoms with van der Waals surface area (Å²) in [5.74, 6) is 0.592. The molecule has 102 valence electrons. The average Bonchev–Trinajstić information content (AvgIpc) is 2.90. The smallest absolute Gasteiger partial charge is 0.147 e. The van der Waals surface area contributed by atoms with Crippen LogP contribution in [-0.4, -0.2) is 14.3 Å². The van der Waals surface area contributed by atoms with Crippen molar-refractivity contribution < 1.29 is 0 Å². The molecule has 0 aromatic heterocycles. The third-order valence-electron chi connectivity index (χ3n) is 4.79. The lowest BCUT2D eigenvalue weighted by molar-refractivity contribution is 0.678. The maximum Gasteiger partial charge on any atom is 0.147 e. The summed E-state index contributed by atoms with van der Waals surface area (Å²) >= 11 is 0. The minimum atomic E-state index is -1.37. The van der Waals surface area contributed by atoms with Gasteiger partial charge in [-0.1, -0.05) is 62.1 Å². The lowest BCUT2D eigenvalue weighted by Crippen LogP contribution is -2.51. The first kappa shape index (κ1) is 12.2. The molecule has 0 fully saturated rings. The van der Waals surface area contributed by atoms with Crippen molar-refractivity contribution >= 4 is 13.9 Å². The lowest BCUT2D eigenvalue weighted by Gasteiger charge is -2.38. The molecule has 2 unspecified atom stereocenters. The van der Waals surface area contributed by atoms with Crippen molar-refractivity contribution in [2.24, 2.45) is 0 Å². The van der Waals surface area contributed by atoms with Gasteiger partial charge in [0.1, 0.15) is 8.24 Å². The Morgan fingerprint density at radius 1 is 0.900 bits per heavy atom. The molecular weight excluding hydrogens is 258 g/mol. The number of benzene rings is 2. The van der Waals surface area contributed by atoms with Gasteiger partial charge in [-0.15, -0.1) is 0 Å². The van der Waals surface area contributed by atoms with E-state index in [0.29, 0.717) is 12.0 Å². The highest BCUT2D eigenvalue weighted by Gasteiger charge is 2.47. The predicted molar refractivity (Wildman–Crippen MR) is 88.0 cm³/mol. The zero-order chi connectivity index (χ0) is 13.9. The molecule has 0 saturated carbocycles. The van der Waals surface area contributed by atoms with E-state index in [1.807, 2.05) is 0 Å². The summed E-state index contributed by atoms with van der Waals surface area (Å²) in [7, 11) is -1.37. The maximum absolute atomic E-state index is 2.78. The highest BCUT2D eigenvalue weighted by atomic mass is 28.3. The molecule has 2 aliphatic rings. The molecule has 0 saturated heterocycles. The van der Waals surface area contributed by atoms with E-state index in [-0.39, 0.29) is 0 Å². The lowest BCUT2D eigenvalue weighted by atomic mass is 9.93. The fourth-order valence-electron chi connectivity index (χ4n) is 4.20. The van der Waals surface area contributed by atoms with Gasteiger partial charge in [-0.05, 0) is 29.2 Å². The van der Waals surface area contributed by atoms with Crippen molar-refractivity contribution in [1.29, 1.82) is 0 Å². The monoisotopic (exact) mass is 279 g/mol. The summed E-state index contributed by atoms with van der Waals surface area (Å²) in [6.45, 7) is 7.40. The van der Waals surface area contributed by atoms with Crippen LogP contribution in [0.3, 0.4) is 0 Å². The van der Waals surface area contributed by atoms with Crippen LogP contribution in [0.1, 0.15) is 22.6 Å². The summed E-state index contributed by atoms with van der Waals surface area (Å²) in [5.41, 5.74) is 6.16. The van der Waals surface area contributed by atoms with Crippen LogP contribution in [-0.2, 0) is 6.42 Å². The van der Waals surface area contributed by atoms with Gasteiger partial charge in [0.2, 0.25) is 0 Å². The maximum atomic E-state index is 2.78. The Kier molecular flexibility index (Phi) is 2.43. The van der Waals surface area contributed by atoms with Crippen LogP contribution in [0.4, 0.5) is 5.69 Å². The van der Waals surface area contributed by atoms with Crippen LogP contribution in [0, 0.1) is 0 Å². The van der Waals surface area contributed by atoms with Gasteiger partial charge >= 0.3 is 0 Å². The third kappa shape index (κ3) is 1.54. The molecule has 0 spiro atoms. The minimum Gasteiger partial charge on any atom is -0.394 e. The minimum absolute atomic E-state index is 0.592. The zero-order valence-electron chi connectivity index (χ0n) is 12.4. The van der Waals surface area contributed by atoms with Crippen molar-refractivity contribution in [3.63, 3.8) is 0 Å². The van der Waals surface area contributed by atoms with Crippen molar-refractivity contribution in [2.45, 2.75) is 38.0 Å². The van der Waals surface area contributed by atoms with Gasteiger partial charge in [-0.2, -0.15) is 0 Å². The predicted octanol–water partition coefficient (Wildman–Crippen LogP) is 4.40. The van der Waals surface area contributed by atoms with Gasteiger partial charge in [0.15, 0.2) is 0 Å². The molecule has 4 rings (SSSR count). The first-order chi connectivity index (χ1) is 9.57. The van der Waals surface area contributed by atoms with Gasteiger partial charge < -0.3 is 4.57 Å². The molecule has 20 heavy (non-hydrogen) atoms. The van der Waals surface area contributed by atoms with Crippen LogP contribution >= 0.6 is 0 Å². The van der Waals surface area contributed by atoms with E-state index in [2.05, 4.69) is 72.7 Å². The number of rotatable bonds is 1. The van der Waals surface area contributed by atoms with Gasteiger partial charge in [-0.25, -0.2) is 0 Å². The van der Waals surface area contributed by atoms with E-state index in [9.17, 15) is 0 Å². The first-order valence-corrected chi connectivity index (χ1v) is 11.0. The second-order valence-electron chi connectivity index (χ2n) is 7.05. The van der Waals surface area contributed by atoms with Crippen LogP contribution in [0.15, 0.2) is 48.5 Å². The SMILES string of the molecule is C[Si](C)(C)N1c2ccccc2C2c3ccccc3CC21. The highest BCUT2D eigenvalue weighted by Crippen LogP contribution is 2.52. The Morgan fingerprint density at radius 2 is 1.55 bits per heavy atom. The number of hydrogen-bond donors (Lipinski definition) is 0. The summed E-state index contributed by atoms with van der Waals surface area (Å²) in [6, 6.07) is 18.7. The quantitative estimate of drug-likeness (QED) is 0.699. The molecule has 1 heterocycles. The van der Waals surface area contributed by atoms with Gasteiger partial charge in [-0.3, -0.25) is 0 Å². The van der Waals surface area contributed by atoms with E-state index in [4.69, 9.17) is 0 Å². The Labute approximate surface area is 122 Å². The van der Waals surface area contributed by atoms with Crippen molar-refractivity contribution in [1.82, 2.24) is 0 Å². The largest absolute Gasteiger partial charge is 0.394 e. The van der Waals surface area contributed by atoms with Crippen LogP contribution in [0.5, 0.6) is 0 Å². The number of nitrogens with zero attached hydrogens (tertiary/aromatic N) is 1. The number of para-hydroxylation sites is 1. The first-order valence-electron chi connectivity index (χ1n) is 7.53. The van der Waals surface area contributed by atoms with E-state index in [1.165, 1.54) is 12.1 Å². The van der Waals surface area contributed by atoms with Crippen molar-refractivity contribution in [2.75, 3.05) is 4.57 Å². The summed E-state index contributed by atoms with van der Waals surface area (Å²) in [4.78, 5) is 0. The fourth-order valence-corrected chi connectivity index (χ4v) is 6.36. The molecule has 0 radical (unpaired) electrons. The molecule has 2 heteroatoms. The fraction of sp³-hybridized carbons (Fsp3) is 0.333. The molecule has 2 atom stereocenters. The molecule has 1 nitrogen and oxygen atoms in total. The van der Waals surface area contributed by atoms with Crippen molar-refractivity contribution in [3.05, 3.63) is 65.2 Å². The third-order valence-corrected chi connectivity index (χ3v) is 6.81. The Balaban J connectivity index is 1.93. The standard InChI is InChI=1S/C18H21NSi/c1-20(2,3)19-16-11-7-6-10-15(16)18-14-9-5-4-8-13(14)12-17(18)19/h4-11,17-18H,12H2,1-3H3. The van der Waals surface area contributed by atoms with Gasteiger partial charge in [0.25, 0.3) is 0 Å². The van der Waals surface area contributed by atoms with Gasteiger partial charge in [0.05, 0.1) is 0 Å². The summed E-state index contributed by atoms with van der Waals surface area (Å²) in [6.07, 6.45) is 1.21. The Bertz CT molecular complexity index is 671. The van der Waals surface area contributed by atoms with Crippen molar-refractivity contribution in [3.8, 4) is 0 Å². The van der Waals surface area contributed by atoms with E-state index in [1.54, 1.807) is 16.7 Å². The molecule has 1 aliphatic heterocycles. The van der Waals surface area contributed by atoms with Crippen LogP contribution < -0.4 is 4.57 Å². The molecular formula is C18H21NSi. The molecule has 0 amide bonds. The van der Waals surface area contributed by atoms with E-state index >= 15 is 0 Å². The second kappa shape index (κ2) is 3.98. The molecule has 0 bridgehead atoms. The average molecular weight is 279 g/mol. The molecule has 1 aliphatic carbocycles. The Morgan fingerprint density at radius 3 is 2.30 bits per heavy atom. The van der Waals surface area contributed by atoms with Gasteiger partial charge in [0, 0.05) is 17.6 Å². The normalized spacial score (nSPS) is 23.4. The van der Waals surface area contributed by atoms with E-state index < -0.39 is 8.24 Å². The topological polar surface area (TPSA) is 3.24 Å². The molecule has 0 N–H and O–H groups in total. The molecule has 2 aromatic carbocycles. The zero-order valence-corrected chi connectivity index (χ0v) is 13.4. The number of fused-ring (bicyclic) bond motifs is 5. The van der Waals surface area contributed by atoms with Crippen LogP contribution in [0.25, 0.3) is 0 Å². The summed E-state index contributed by atoms with van der Waals surface area (Å²) < 4.78 is 2.78. The van der Waals surface area contributed by atoms with E-state index in [0.717, 1.165) is 0 Å². The van der Waals surface area contributed by atoms with Crippen LogP contribution in [0.2, 0.25) is 19.6 Å². The Hall–Kier alpha value is -1.54.